The Balaban J connectivity index is 1.63. The van der Waals surface area contributed by atoms with Gasteiger partial charge in [0.05, 0.1) is 22.3 Å². The lowest BCUT2D eigenvalue weighted by Gasteiger charge is -2.35. The van der Waals surface area contributed by atoms with E-state index in [9.17, 15) is 4.79 Å². The van der Waals surface area contributed by atoms with Gasteiger partial charge in [-0.3, -0.25) is 9.88 Å². The highest BCUT2D eigenvalue weighted by Crippen LogP contribution is 2.26. The molecule has 1 amide bonds. The molecule has 1 aliphatic rings. The van der Waals surface area contributed by atoms with Crippen LogP contribution in [0.4, 0.5) is 4.79 Å². The molecular formula is C17H17Cl2N3O3. The number of nitrogens with one attached hydrogen (secondary N) is 1. The number of nitrogens with zero attached hydrogens (tertiary/aromatic N) is 2. The molecular weight excluding hydrogens is 365 g/mol. The first-order valence-corrected chi connectivity index (χ1v) is 8.56. The maximum absolute atomic E-state index is 12.5. The fourth-order valence-electron chi connectivity index (χ4n) is 2.47. The summed E-state index contributed by atoms with van der Waals surface area (Å²) in [6.45, 7) is 2.19. The van der Waals surface area contributed by atoms with Gasteiger partial charge in [0, 0.05) is 31.9 Å². The molecule has 8 heteroatoms. The van der Waals surface area contributed by atoms with Crippen LogP contribution in [0, 0.1) is 0 Å². The molecule has 1 fully saturated rings. The molecule has 1 N–H and O–H groups in total. The zero-order chi connectivity index (χ0) is 17.6. The molecule has 0 aliphatic carbocycles. The van der Waals surface area contributed by atoms with Gasteiger partial charge in [-0.2, -0.15) is 0 Å². The molecule has 2 heterocycles. The molecule has 3 rings (SSSR count). The van der Waals surface area contributed by atoms with Crippen molar-refractivity contribution in [2.75, 3.05) is 26.2 Å². The second-order valence-corrected chi connectivity index (χ2v) is 6.31. The SMILES string of the molecule is O=C(Oc1ccc(Cl)c(Cl)c1)N1CCNCC1COc1cccnc1. The third-order valence-electron chi connectivity index (χ3n) is 3.76. The summed E-state index contributed by atoms with van der Waals surface area (Å²) in [5.74, 6) is 1.01. The lowest BCUT2D eigenvalue weighted by atomic mass is 10.2. The van der Waals surface area contributed by atoms with Crippen molar-refractivity contribution in [1.29, 1.82) is 0 Å². The molecule has 6 nitrogen and oxygen atoms in total. The Kier molecular flexibility index (Phi) is 5.96. The van der Waals surface area contributed by atoms with E-state index in [-0.39, 0.29) is 6.04 Å². The molecule has 132 valence electrons. The Morgan fingerprint density at radius 3 is 2.92 bits per heavy atom. The lowest BCUT2D eigenvalue weighted by molar-refractivity contribution is 0.0953. The second kappa shape index (κ2) is 8.38. The number of piperazine rings is 1. The fraction of sp³-hybridized carbons (Fsp3) is 0.294. The van der Waals surface area contributed by atoms with Gasteiger partial charge < -0.3 is 14.8 Å². The summed E-state index contributed by atoms with van der Waals surface area (Å²) in [4.78, 5) is 18.2. The zero-order valence-corrected chi connectivity index (χ0v) is 14.8. The number of pyridine rings is 1. The van der Waals surface area contributed by atoms with Gasteiger partial charge in [-0.05, 0) is 24.3 Å². The minimum Gasteiger partial charge on any atom is -0.490 e. The van der Waals surface area contributed by atoms with Gasteiger partial charge in [0.25, 0.3) is 0 Å². The summed E-state index contributed by atoms with van der Waals surface area (Å²) in [6.07, 6.45) is 2.87. The Labute approximate surface area is 155 Å². The van der Waals surface area contributed by atoms with Gasteiger partial charge >= 0.3 is 6.09 Å². The second-order valence-electron chi connectivity index (χ2n) is 5.49. The normalized spacial score (nSPS) is 17.2. The van der Waals surface area contributed by atoms with Crippen LogP contribution in [0.25, 0.3) is 0 Å². The van der Waals surface area contributed by atoms with Crippen LogP contribution in [0.1, 0.15) is 0 Å². The monoisotopic (exact) mass is 381 g/mol. The van der Waals surface area contributed by atoms with Crippen LogP contribution < -0.4 is 14.8 Å². The quantitative estimate of drug-likeness (QED) is 0.880. The van der Waals surface area contributed by atoms with Gasteiger partial charge in [0.1, 0.15) is 18.1 Å². The Morgan fingerprint density at radius 1 is 1.28 bits per heavy atom. The first kappa shape index (κ1) is 17.8. The Morgan fingerprint density at radius 2 is 2.16 bits per heavy atom. The molecule has 1 unspecified atom stereocenters. The lowest BCUT2D eigenvalue weighted by Crippen LogP contribution is -2.56. The van der Waals surface area contributed by atoms with Crippen LogP contribution in [0.3, 0.4) is 0 Å². The third-order valence-corrected chi connectivity index (χ3v) is 4.50. The fourth-order valence-corrected chi connectivity index (χ4v) is 2.76. The molecule has 1 saturated heterocycles. The predicted molar refractivity (Wildman–Crippen MR) is 95.6 cm³/mol. The highest BCUT2D eigenvalue weighted by Gasteiger charge is 2.28. The van der Waals surface area contributed by atoms with E-state index in [1.807, 2.05) is 6.07 Å². The van der Waals surface area contributed by atoms with Gasteiger partial charge in [-0.25, -0.2) is 4.79 Å². The van der Waals surface area contributed by atoms with Crippen molar-refractivity contribution in [2.24, 2.45) is 0 Å². The van der Waals surface area contributed by atoms with Crippen molar-refractivity contribution in [1.82, 2.24) is 15.2 Å². The number of amides is 1. The molecule has 25 heavy (non-hydrogen) atoms. The molecule has 0 radical (unpaired) electrons. The van der Waals surface area contributed by atoms with Crippen LogP contribution in [-0.4, -0.2) is 48.3 Å². The van der Waals surface area contributed by atoms with Gasteiger partial charge in [0.2, 0.25) is 0 Å². The maximum Gasteiger partial charge on any atom is 0.415 e. The number of carbonyl (C=O) groups excluding carboxylic acids is 1. The van der Waals surface area contributed by atoms with E-state index in [1.165, 1.54) is 6.07 Å². The molecule has 1 aromatic heterocycles. The zero-order valence-electron chi connectivity index (χ0n) is 13.3. The van der Waals surface area contributed by atoms with Crippen LogP contribution >= 0.6 is 23.2 Å². The molecule has 1 aliphatic heterocycles. The third kappa shape index (κ3) is 4.75. The maximum atomic E-state index is 12.5. The molecule has 2 aromatic rings. The number of halogens is 2. The van der Waals surface area contributed by atoms with Crippen LogP contribution in [0.2, 0.25) is 10.0 Å². The van der Waals surface area contributed by atoms with E-state index in [2.05, 4.69) is 10.3 Å². The highest BCUT2D eigenvalue weighted by molar-refractivity contribution is 6.42. The van der Waals surface area contributed by atoms with Crippen LogP contribution in [0.15, 0.2) is 42.7 Å². The minimum atomic E-state index is -0.445. The molecule has 0 spiro atoms. The smallest absolute Gasteiger partial charge is 0.415 e. The summed E-state index contributed by atoms with van der Waals surface area (Å²) in [6, 6.07) is 8.18. The molecule has 0 saturated carbocycles. The van der Waals surface area contributed by atoms with E-state index >= 15 is 0 Å². The van der Waals surface area contributed by atoms with Crippen LogP contribution in [0.5, 0.6) is 11.5 Å². The number of rotatable bonds is 4. The first-order chi connectivity index (χ1) is 12.1. The minimum absolute atomic E-state index is 0.149. The van der Waals surface area contributed by atoms with E-state index in [4.69, 9.17) is 32.7 Å². The Hall–Kier alpha value is -2.02. The number of carbonyl (C=O) groups is 1. The number of benzene rings is 1. The van der Waals surface area contributed by atoms with Crippen molar-refractivity contribution in [3.63, 3.8) is 0 Å². The van der Waals surface area contributed by atoms with Crippen molar-refractivity contribution < 1.29 is 14.3 Å². The summed E-state index contributed by atoms with van der Waals surface area (Å²) < 4.78 is 11.1. The average Bonchev–Trinajstić information content (AvgIpc) is 2.64. The molecule has 1 aromatic carbocycles. The number of hydrogen-bond donors (Lipinski definition) is 1. The molecule has 1 atom stereocenters. The van der Waals surface area contributed by atoms with Crippen molar-refractivity contribution in [3.05, 3.63) is 52.8 Å². The summed E-state index contributed by atoms with van der Waals surface area (Å²) in [5, 5.41) is 4.00. The van der Waals surface area contributed by atoms with E-state index in [1.54, 1.807) is 35.5 Å². The van der Waals surface area contributed by atoms with E-state index in [0.29, 0.717) is 47.8 Å². The highest BCUT2D eigenvalue weighted by atomic mass is 35.5. The summed E-state index contributed by atoms with van der Waals surface area (Å²) in [5.41, 5.74) is 0. The van der Waals surface area contributed by atoms with E-state index in [0.717, 1.165) is 0 Å². The van der Waals surface area contributed by atoms with Gasteiger partial charge in [-0.1, -0.05) is 23.2 Å². The summed E-state index contributed by atoms with van der Waals surface area (Å²) in [7, 11) is 0. The van der Waals surface area contributed by atoms with Crippen LogP contribution in [-0.2, 0) is 0 Å². The largest absolute Gasteiger partial charge is 0.490 e. The predicted octanol–water partition coefficient (Wildman–Crippen LogP) is 3.24. The first-order valence-electron chi connectivity index (χ1n) is 7.80. The van der Waals surface area contributed by atoms with Gasteiger partial charge in [-0.15, -0.1) is 0 Å². The Bertz CT molecular complexity index is 730. The van der Waals surface area contributed by atoms with Gasteiger partial charge in [0.15, 0.2) is 0 Å². The summed E-state index contributed by atoms with van der Waals surface area (Å²) >= 11 is 11.8. The van der Waals surface area contributed by atoms with E-state index < -0.39 is 6.09 Å². The molecule has 0 bridgehead atoms. The van der Waals surface area contributed by atoms with Crippen molar-refractivity contribution in [2.45, 2.75) is 6.04 Å². The topological polar surface area (TPSA) is 63.7 Å². The van der Waals surface area contributed by atoms with Crippen molar-refractivity contribution >= 4 is 29.3 Å². The van der Waals surface area contributed by atoms with Crippen molar-refractivity contribution in [3.8, 4) is 11.5 Å². The number of hydrogen-bond acceptors (Lipinski definition) is 5. The number of ether oxygens (including phenoxy) is 2. The standard InChI is InChI=1S/C17H17Cl2N3O3/c18-15-4-3-13(8-16(15)19)25-17(23)22-7-6-21-9-12(22)11-24-14-2-1-5-20-10-14/h1-5,8,10,12,21H,6-7,9,11H2. The number of aromatic nitrogens is 1. The average molecular weight is 382 g/mol.